The molecule has 0 amide bonds. The van der Waals surface area contributed by atoms with E-state index in [1.165, 1.54) is 5.57 Å². The molecule has 1 rings (SSSR count). The zero-order chi connectivity index (χ0) is 10.8. The number of carbonyl (C=O) groups is 1. The molecule has 1 aliphatic carbocycles. The van der Waals surface area contributed by atoms with Crippen molar-refractivity contribution in [3.63, 3.8) is 0 Å². The van der Waals surface area contributed by atoms with Gasteiger partial charge in [0.05, 0.1) is 6.61 Å². The molecule has 0 spiro atoms. The second-order valence-corrected chi connectivity index (χ2v) is 4.55. The molecule has 0 aliphatic heterocycles. The minimum absolute atomic E-state index is 0.0614. The average Bonchev–Trinajstić information content (AvgIpc) is 2.32. The predicted octanol–water partition coefficient (Wildman–Crippen LogP) is 2.93. The fourth-order valence-corrected chi connectivity index (χ4v) is 1.96. The van der Waals surface area contributed by atoms with Crippen molar-refractivity contribution in [3.05, 3.63) is 11.6 Å². The Hall–Kier alpha value is -0.790. The third-order valence-electron chi connectivity index (χ3n) is 3.46. The molecule has 0 aromatic carbocycles. The lowest BCUT2D eigenvalue weighted by Crippen LogP contribution is -2.23. The molecule has 1 aliphatic rings. The van der Waals surface area contributed by atoms with Gasteiger partial charge in [-0.05, 0) is 31.6 Å². The van der Waals surface area contributed by atoms with E-state index in [4.69, 9.17) is 4.74 Å². The van der Waals surface area contributed by atoms with E-state index in [-0.39, 0.29) is 11.4 Å². The Morgan fingerprint density at radius 2 is 2.29 bits per heavy atom. The monoisotopic (exact) mass is 196 g/mol. The predicted molar refractivity (Wildman–Crippen MR) is 56.9 cm³/mol. The van der Waals surface area contributed by atoms with Gasteiger partial charge in [-0.1, -0.05) is 25.5 Å². The summed E-state index contributed by atoms with van der Waals surface area (Å²) in [7, 11) is 0. The highest BCUT2D eigenvalue weighted by molar-refractivity contribution is 5.70. The first-order valence-corrected chi connectivity index (χ1v) is 5.31. The average molecular weight is 196 g/mol. The van der Waals surface area contributed by atoms with Gasteiger partial charge in [-0.25, -0.2) is 0 Å². The van der Waals surface area contributed by atoms with Crippen molar-refractivity contribution in [3.8, 4) is 0 Å². The van der Waals surface area contributed by atoms with Gasteiger partial charge >= 0.3 is 5.97 Å². The molecule has 14 heavy (non-hydrogen) atoms. The summed E-state index contributed by atoms with van der Waals surface area (Å²) in [6, 6.07) is 0. The molecule has 0 aromatic heterocycles. The fraction of sp³-hybridized carbons (Fsp3) is 0.750. The van der Waals surface area contributed by atoms with Gasteiger partial charge in [0.2, 0.25) is 0 Å². The molecule has 80 valence electrons. The van der Waals surface area contributed by atoms with Crippen molar-refractivity contribution in [2.75, 3.05) is 6.61 Å². The molecule has 1 atom stereocenters. The maximum atomic E-state index is 11.3. The molecule has 0 saturated carbocycles. The zero-order valence-electron chi connectivity index (χ0n) is 9.59. The quantitative estimate of drug-likeness (QED) is 0.512. The first kappa shape index (κ1) is 11.3. The summed E-state index contributed by atoms with van der Waals surface area (Å²) in [5.74, 6) is 0.357. The Balaban J connectivity index is 2.53. The van der Waals surface area contributed by atoms with Crippen LogP contribution in [0, 0.1) is 11.3 Å². The van der Waals surface area contributed by atoms with Crippen molar-refractivity contribution in [1.29, 1.82) is 0 Å². The molecular formula is C12H20O2. The van der Waals surface area contributed by atoms with Crippen LogP contribution >= 0.6 is 0 Å². The summed E-state index contributed by atoms with van der Waals surface area (Å²) in [6.07, 6.45) is 3.80. The maximum Gasteiger partial charge on any atom is 0.306 e. The highest BCUT2D eigenvalue weighted by Crippen LogP contribution is 2.44. The third kappa shape index (κ3) is 2.17. The van der Waals surface area contributed by atoms with E-state index < -0.39 is 0 Å². The normalized spacial score (nSPS) is 24.6. The van der Waals surface area contributed by atoms with E-state index in [1.807, 2.05) is 6.92 Å². The van der Waals surface area contributed by atoms with E-state index in [2.05, 4.69) is 26.8 Å². The van der Waals surface area contributed by atoms with Gasteiger partial charge in [-0.2, -0.15) is 0 Å². The van der Waals surface area contributed by atoms with Crippen molar-refractivity contribution < 1.29 is 9.53 Å². The summed E-state index contributed by atoms with van der Waals surface area (Å²) in [4.78, 5) is 11.3. The van der Waals surface area contributed by atoms with Gasteiger partial charge in [-0.3, -0.25) is 4.79 Å². The van der Waals surface area contributed by atoms with Crippen LogP contribution in [0.1, 0.15) is 40.5 Å². The summed E-state index contributed by atoms with van der Waals surface area (Å²) in [6.45, 7) is 8.89. The summed E-state index contributed by atoms with van der Waals surface area (Å²) >= 11 is 0. The number of rotatable bonds is 3. The van der Waals surface area contributed by atoms with Crippen LogP contribution in [-0.2, 0) is 9.53 Å². The van der Waals surface area contributed by atoms with Crippen LogP contribution < -0.4 is 0 Å². The molecule has 2 heteroatoms. The molecule has 2 nitrogen and oxygen atoms in total. The Labute approximate surface area is 86.3 Å². The van der Waals surface area contributed by atoms with Gasteiger partial charge in [0.25, 0.3) is 0 Å². The van der Waals surface area contributed by atoms with Crippen molar-refractivity contribution in [2.45, 2.75) is 40.5 Å². The van der Waals surface area contributed by atoms with E-state index in [1.54, 1.807) is 0 Å². The smallest absolute Gasteiger partial charge is 0.306 e. The minimum Gasteiger partial charge on any atom is -0.466 e. The topological polar surface area (TPSA) is 26.3 Å². The second kappa shape index (κ2) is 4.16. The number of hydrogen-bond donors (Lipinski definition) is 0. The molecule has 0 heterocycles. The molecule has 0 aromatic rings. The lowest BCUT2D eigenvalue weighted by atomic mass is 9.76. The second-order valence-electron chi connectivity index (χ2n) is 4.55. The van der Waals surface area contributed by atoms with Gasteiger partial charge < -0.3 is 4.74 Å². The van der Waals surface area contributed by atoms with E-state index in [0.717, 1.165) is 6.42 Å². The number of carbonyl (C=O) groups excluding carboxylic acids is 1. The van der Waals surface area contributed by atoms with Crippen LogP contribution in [0.25, 0.3) is 0 Å². The fourth-order valence-electron chi connectivity index (χ4n) is 1.96. The van der Waals surface area contributed by atoms with Crippen LogP contribution in [0.2, 0.25) is 0 Å². The van der Waals surface area contributed by atoms with Gasteiger partial charge in [0, 0.05) is 6.42 Å². The van der Waals surface area contributed by atoms with Crippen molar-refractivity contribution in [2.24, 2.45) is 11.3 Å². The molecule has 0 saturated heterocycles. The standard InChI is InChI=1S/C12H20O2/c1-5-14-11(13)8-10-7-6-9(2)12(10,3)4/h6,10H,5,7-8H2,1-4H3/t10-/m0/s1. The van der Waals surface area contributed by atoms with Crippen molar-refractivity contribution >= 4 is 5.97 Å². The summed E-state index contributed by atoms with van der Waals surface area (Å²) in [5.41, 5.74) is 1.55. The maximum absolute atomic E-state index is 11.3. The lowest BCUT2D eigenvalue weighted by Gasteiger charge is -2.28. The van der Waals surface area contributed by atoms with Crippen LogP contribution in [0.3, 0.4) is 0 Å². The minimum atomic E-state index is -0.0614. The highest BCUT2D eigenvalue weighted by atomic mass is 16.5. The highest BCUT2D eigenvalue weighted by Gasteiger charge is 2.36. The Morgan fingerprint density at radius 1 is 1.64 bits per heavy atom. The zero-order valence-corrected chi connectivity index (χ0v) is 9.59. The molecule has 0 N–H and O–H groups in total. The number of ether oxygens (including phenoxy) is 1. The summed E-state index contributed by atoms with van der Waals surface area (Å²) in [5, 5.41) is 0. The number of allylic oxidation sites excluding steroid dienone is 2. The van der Waals surface area contributed by atoms with E-state index in [0.29, 0.717) is 18.9 Å². The van der Waals surface area contributed by atoms with Crippen LogP contribution in [-0.4, -0.2) is 12.6 Å². The molecule has 0 bridgehead atoms. The molecule has 0 unspecified atom stereocenters. The van der Waals surface area contributed by atoms with Gasteiger partial charge in [-0.15, -0.1) is 0 Å². The molecule has 0 fully saturated rings. The number of esters is 1. The summed E-state index contributed by atoms with van der Waals surface area (Å²) < 4.78 is 4.97. The Morgan fingerprint density at radius 3 is 2.71 bits per heavy atom. The SMILES string of the molecule is CCOC(=O)C[C@@H]1CC=C(C)C1(C)C. The first-order chi connectivity index (χ1) is 6.48. The van der Waals surface area contributed by atoms with E-state index in [9.17, 15) is 4.79 Å². The van der Waals surface area contributed by atoms with E-state index >= 15 is 0 Å². The molecular weight excluding hydrogens is 176 g/mol. The lowest BCUT2D eigenvalue weighted by molar-refractivity contribution is -0.144. The Bertz CT molecular complexity index is 251. The van der Waals surface area contributed by atoms with Crippen LogP contribution in [0.5, 0.6) is 0 Å². The third-order valence-corrected chi connectivity index (χ3v) is 3.46. The van der Waals surface area contributed by atoms with Gasteiger partial charge in [0.1, 0.15) is 0 Å². The first-order valence-electron chi connectivity index (χ1n) is 5.31. The Kier molecular flexibility index (Phi) is 3.35. The molecule has 0 radical (unpaired) electrons. The van der Waals surface area contributed by atoms with Crippen LogP contribution in [0.4, 0.5) is 0 Å². The van der Waals surface area contributed by atoms with Crippen LogP contribution in [0.15, 0.2) is 11.6 Å². The largest absolute Gasteiger partial charge is 0.466 e. The van der Waals surface area contributed by atoms with Gasteiger partial charge in [0.15, 0.2) is 0 Å². The van der Waals surface area contributed by atoms with Crippen molar-refractivity contribution in [1.82, 2.24) is 0 Å². The number of hydrogen-bond acceptors (Lipinski definition) is 2.